The van der Waals surface area contributed by atoms with E-state index in [0.717, 1.165) is 0 Å². The fraction of sp³-hybridized carbons (Fsp3) is 0.375. The predicted molar refractivity (Wildman–Crippen MR) is 88.4 cm³/mol. The molecule has 0 atom stereocenters. The number of aromatic nitrogens is 1. The van der Waals surface area contributed by atoms with Gasteiger partial charge in [0.1, 0.15) is 5.75 Å². The molecule has 5 nitrogen and oxygen atoms in total. The van der Waals surface area contributed by atoms with Gasteiger partial charge in [0.05, 0.1) is 17.5 Å². The van der Waals surface area contributed by atoms with Gasteiger partial charge in [-0.05, 0) is 40.9 Å². The van der Waals surface area contributed by atoms with Crippen molar-refractivity contribution in [3.05, 3.63) is 38.6 Å². The normalized spacial score (nSPS) is 11.1. The van der Waals surface area contributed by atoms with Gasteiger partial charge in [-0.15, -0.1) is 0 Å². The highest BCUT2D eigenvalue weighted by molar-refractivity contribution is 9.10. The molecule has 0 spiro atoms. The first kappa shape index (κ1) is 16.5. The summed E-state index contributed by atoms with van der Waals surface area (Å²) in [6.07, 6.45) is 0. The minimum atomic E-state index is -0.805. The second-order valence-electron chi connectivity index (χ2n) is 5.39. The van der Waals surface area contributed by atoms with Gasteiger partial charge in [-0.3, -0.25) is 4.79 Å². The van der Waals surface area contributed by atoms with E-state index < -0.39 is 11.5 Å². The topological polar surface area (TPSA) is 68.5 Å². The quantitative estimate of drug-likeness (QED) is 0.841. The first-order valence-electron chi connectivity index (χ1n) is 7.09. The van der Waals surface area contributed by atoms with Crippen molar-refractivity contribution in [1.82, 2.24) is 4.57 Å². The summed E-state index contributed by atoms with van der Waals surface area (Å²) in [6, 6.07) is 5.28. The van der Waals surface area contributed by atoms with Crippen molar-refractivity contribution in [2.24, 2.45) is 5.92 Å². The van der Waals surface area contributed by atoms with Crippen LogP contribution >= 0.6 is 15.9 Å². The molecule has 0 bridgehead atoms. The average Bonchev–Trinajstić information content (AvgIpc) is 2.43. The van der Waals surface area contributed by atoms with Crippen LogP contribution < -0.4 is 5.56 Å². The van der Waals surface area contributed by atoms with E-state index in [1.54, 1.807) is 25.1 Å². The summed E-state index contributed by atoms with van der Waals surface area (Å²) in [5, 5.41) is 10.9. The summed E-state index contributed by atoms with van der Waals surface area (Å²) in [6.45, 7) is 6.19. The molecule has 1 heterocycles. The number of hydrogen-bond donors (Lipinski definition) is 1. The van der Waals surface area contributed by atoms with E-state index in [4.69, 9.17) is 4.74 Å². The van der Waals surface area contributed by atoms with Gasteiger partial charge in [0.15, 0.2) is 5.56 Å². The Morgan fingerprint density at radius 2 is 2.09 bits per heavy atom. The van der Waals surface area contributed by atoms with Gasteiger partial charge in [0.2, 0.25) is 0 Å². The Hall–Kier alpha value is -1.82. The molecule has 118 valence electrons. The first-order chi connectivity index (χ1) is 10.4. The number of benzene rings is 1. The maximum atomic E-state index is 12.7. The Labute approximate surface area is 136 Å². The molecule has 2 rings (SSSR count). The molecule has 1 aromatic carbocycles. The first-order valence-corrected chi connectivity index (χ1v) is 7.88. The summed E-state index contributed by atoms with van der Waals surface area (Å²) in [4.78, 5) is 24.7. The number of carbonyl (C=O) groups excluding carboxylic acids is 1. The van der Waals surface area contributed by atoms with Crippen molar-refractivity contribution >= 4 is 32.8 Å². The smallest absolute Gasteiger partial charge is 0.347 e. The Morgan fingerprint density at radius 3 is 2.68 bits per heavy atom. The van der Waals surface area contributed by atoms with Crippen molar-refractivity contribution < 1.29 is 14.6 Å². The number of carbonyl (C=O) groups is 1. The lowest BCUT2D eigenvalue weighted by Crippen LogP contribution is -2.29. The van der Waals surface area contributed by atoms with Crippen LogP contribution in [0.15, 0.2) is 27.5 Å². The molecule has 0 aliphatic carbocycles. The van der Waals surface area contributed by atoms with Gasteiger partial charge in [0.25, 0.3) is 5.56 Å². The molecule has 1 N–H and O–H groups in total. The SMILES string of the molecule is CCOC(=O)c1c(O)c2c(Br)cccc2n(CC(C)C)c1=O. The molecular weight excluding hydrogens is 350 g/mol. The highest BCUT2D eigenvalue weighted by Gasteiger charge is 2.24. The predicted octanol–water partition coefficient (Wildman–Crippen LogP) is 3.30. The zero-order valence-electron chi connectivity index (χ0n) is 12.7. The van der Waals surface area contributed by atoms with Gasteiger partial charge >= 0.3 is 5.97 Å². The van der Waals surface area contributed by atoms with E-state index in [2.05, 4.69) is 15.9 Å². The second-order valence-corrected chi connectivity index (χ2v) is 6.24. The van der Waals surface area contributed by atoms with Crippen LogP contribution in [0.4, 0.5) is 0 Å². The maximum absolute atomic E-state index is 12.7. The number of esters is 1. The molecule has 0 fully saturated rings. The Bertz CT molecular complexity index is 780. The van der Waals surface area contributed by atoms with Crippen LogP contribution in [-0.2, 0) is 11.3 Å². The summed E-state index contributed by atoms with van der Waals surface area (Å²) in [5.74, 6) is -0.939. The van der Waals surface area contributed by atoms with Crippen molar-refractivity contribution in [3.8, 4) is 5.75 Å². The van der Waals surface area contributed by atoms with Crippen LogP contribution in [-0.4, -0.2) is 22.2 Å². The third-order valence-corrected chi connectivity index (χ3v) is 3.90. The number of halogens is 1. The van der Waals surface area contributed by atoms with Crippen LogP contribution in [0.1, 0.15) is 31.1 Å². The molecule has 0 radical (unpaired) electrons. The van der Waals surface area contributed by atoms with E-state index in [1.807, 2.05) is 13.8 Å². The molecule has 0 amide bonds. The number of pyridine rings is 1. The van der Waals surface area contributed by atoms with Gasteiger partial charge in [-0.2, -0.15) is 0 Å². The van der Waals surface area contributed by atoms with E-state index in [0.29, 0.717) is 21.9 Å². The fourth-order valence-corrected chi connectivity index (χ4v) is 2.92. The molecule has 0 saturated carbocycles. The van der Waals surface area contributed by atoms with Crippen molar-refractivity contribution in [3.63, 3.8) is 0 Å². The highest BCUT2D eigenvalue weighted by atomic mass is 79.9. The molecule has 6 heteroatoms. The number of aromatic hydroxyl groups is 1. The standard InChI is InChI=1S/C16H18BrNO4/c1-4-22-16(21)13-14(19)12-10(17)6-5-7-11(12)18(15(13)20)8-9(2)3/h5-7,9,19H,4,8H2,1-3H3. The van der Waals surface area contributed by atoms with Crippen molar-refractivity contribution in [1.29, 1.82) is 0 Å². The molecule has 0 aliphatic rings. The second kappa shape index (κ2) is 6.52. The lowest BCUT2D eigenvalue weighted by Gasteiger charge is -2.16. The van der Waals surface area contributed by atoms with Gasteiger partial charge in [-0.1, -0.05) is 19.9 Å². The minimum absolute atomic E-state index is 0.135. The Morgan fingerprint density at radius 1 is 1.41 bits per heavy atom. The van der Waals surface area contributed by atoms with Gasteiger partial charge in [-0.25, -0.2) is 4.79 Å². The molecule has 0 aliphatic heterocycles. The zero-order valence-corrected chi connectivity index (χ0v) is 14.3. The third-order valence-electron chi connectivity index (χ3n) is 3.24. The van der Waals surface area contributed by atoms with E-state index in [-0.39, 0.29) is 23.8 Å². The van der Waals surface area contributed by atoms with E-state index in [1.165, 1.54) is 4.57 Å². The van der Waals surface area contributed by atoms with Crippen molar-refractivity contribution in [2.45, 2.75) is 27.3 Å². The molecule has 1 aromatic heterocycles. The maximum Gasteiger partial charge on any atom is 0.347 e. The molecule has 2 aromatic rings. The molecule has 22 heavy (non-hydrogen) atoms. The van der Waals surface area contributed by atoms with E-state index >= 15 is 0 Å². The summed E-state index contributed by atoms with van der Waals surface area (Å²) in [7, 11) is 0. The van der Waals surface area contributed by atoms with Crippen LogP contribution in [0.5, 0.6) is 5.75 Å². The van der Waals surface area contributed by atoms with Gasteiger partial charge < -0.3 is 14.4 Å². The summed E-state index contributed by atoms with van der Waals surface area (Å²) in [5.41, 5.74) is -0.268. The summed E-state index contributed by atoms with van der Waals surface area (Å²) < 4.78 is 7.04. The number of rotatable bonds is 4. The number of hydrogen-bond acceptors (Lipinski definition) is 4. The van der Waals surface area contributed by atoms with Crippen LogP contribution in [0.2, 0.25) is 0 Å². The lowest BCUT2D eigenvalue weighted by molar-refractivity contribution is 0.0520. The summed E-state index contributed by atoms with van der Waals surface area (Å²) >= 11 is 3.37. The fourth-order valence-electron chi connectivity index (χ4n) is 2.38. The van der Waals surface area contributed by atoms with E-state index in [9.17, 15) is 14.7 Å². The van der Waals surface area contributed by atoms with Crippen LogP contribution in [0.25, 0.3) is 10.9 Å². The van der Waals surface area contributed by atoms with Crippen LogP contribution in [0.3, 0.4) is 0 Å². The third kappa shape index (κ3) is 2.88. The molecular formula is C16H18BrNO4. The van der Waals surface area contributed by atoms with Gasteiger partial charge in [0, 0.05) is 11.0 Å². The number of fused-ring (bicyclic) bond motifs is 1. The largest absolute Gasteiger partial charge is 0.506 e. The average molecular weight is 368 g/mol. The number of ether oxygens (including phenoxy) is 1. The van der Waals surface area contributed by atoms with Crippen LogP contribution in [0, 0.1) is 5.92 Å². The van der Waals surface area contributed by atoms with Crippen molar-refractivity contribution in [2.75, 3.05) is 6.61 Å². The zero-order chi connectivity index (χ0) is 16.4. The Balaban J connectivity index is 2.89. The highest BCUT2D eigenvalue weighted by Crippen LogP contribution is 2.33. The molecule has 0 unspecified atom stereocenters. The lowest BCUT2D eigenvalue weighted by atomic mass is 10.1. The Kier molecular flexibility index (Phi) is 4.90. The number of nitrogens with zero attached hydrogens (tertiary/aromatic N) is 1. The minimum Gasteiger partial charge on any atom is -0.506 e. The molecule has 0 saturated heterocycles. The monoisotopic (exact) mass is 367 g/mol.